The van der Waals surface area contributed by atoms with E-state index in [0.29, 0.717) is 22.6 Å². The van der Waals surface area contributed by atoms with Crippen molar-refractivity contribution in [3.8, 4) is 11.1 Å². The van der Waals surface area contributed by atoms with Crippen LogP contribution in [0, 0.1) is 5.41 Å². The van der Waals surface area contributed by atoms with E-state index in [1.807, 2.05) is 97.1 Å². The molecule has 31 heavy (non-hydrogen) atoms. The number of nitrogen functional groups attached to an aromatic ring is 1. The molecular weight excluding hydrogens is 384 g/mol. The van der Waals surface area contributed by atoms with Crippen LogP contribution >= 0.6 is 0 Å². The van der Waals surface area contributed by atoms with Gasteiger partial charge >= 0.3 is 6.03 Å². The maximum Gasteiger partial charge on any atom is 0.332 e. The minimum atomic E-state index is -0.420. The Morgan fingerprint density at radius 2 is 1.42 bits per heavy atom. The molecule has 0 saturated carbocycles. The first-order valence-electron chi connectivity index (χ1n) is 9.88. The van der Waals surface area contributed by atoms with E-state index in [9.17, 15) is 4.79 Å². The molecule has 0 unspecified atom stereocenters. The molecule has 4 N–H and O–H groups in total. The Balaban J connectivity index is 1.70. The molecule has 5 heteroatoms. The standard InChI is InChI=1S/C26H22N4O/c27-21-13-9-12-20(18-21)23-16-7-8-17-24(23)29-26(31)30(22-14-5-2-6-15-22)25(28)19-10-3-1-4-11-19/h1-18,28H,27H2,(H,29,31). The fourth-order valence-electron chi connectivity index (χ4n) is 3.37. The van der Waals surface area contributed by atoms with Gasteiger partial charge < -0.3 is 11.1 Å². The van der Waals surface area contributed by atoms with Crippen LogP contribution in [0.2, 0.25) is 0 Å². The summed E-state index contributed by atoms with van der Waals surface area (Å²) >= 11 is 0. The number of anilines is 3. The third kappa shape index (κ3) is 4.46. The van der Waals surface area contributed by atoms with Crippen molar-refractivity contribution < 1.29 is 4.79 Å². The van der Waals surface area contributed by atoms with Gasteiger partial charge in [0.15, 0.2) is 0 Å². The predicted molar refractivity (Wildman–Crippen MR) is 128 cm³/mol. The molecule has 0 aliphatic rings. The average Bonchev–Trinajstić information content (AvgIpc) is 2.81. The largest absolute Gasteiger partial charge is 0.399 e. The molecule has 0 saturated heterocycles. The van der Waals surface area contributed by atoms with Crippen molar-refractivity contribution >= 4 is 28.9 Å². The van der Waals surface area contributed by atoms with Gasteiger partial charge in [-0.05, 0) is 35.9 Å². The Labute approximate surface area is 181 Å². The highest BCUT2D eigenvalue weighted by Gasteiger charge is 2.22. The number of benzene rings is 4. The number of nitrogens with one attached hydrogen (secondary N) is 2. The van der Waals surface area contributed by atoms with E-state index in [1.165, 1.54) is 4.90 Å². The molecule has 0 fully saturated rings. The number of para-hydroxylation sites is 2. The number of carbonyl (C=O) groups is 1. The smallest absolute Gasteiger partial charge is 0.332 e. The number of amidine groups is 1. The first-order valence-corrected chi connectivity index (χ1v) is 9.88. The summed E-state index contributed by atoms with van der Waals surface area (Å²) in [4.78, 5) is 14.8. The first-order chi connectivity index (χ1) is 15.1. The third-order valence-electron chi connectivity index (χ3n) is 4.85. The van der Waals surface area contributed by atoms with Crippen LogP contribution in [0.4, 0.5) is 21.9 Å². The number of hydrogen-bond acceptors (Lipinski definition) is 3. The summed E-state index contributed by atoms with van der Waals surface area (Å²) in [7, 11) is 0. The minimum Gasteiger partial charge on any atom is -0.399 e. The summed E-state index contributed by atoms with van der Waals surface area (Å²) in [6.45, 7) is 0. The molecule has 0 heterocycles. The van der Waals surface area contributed by atoms with Gasteiger partial charge in [0.2, 0.25) is 0 Å². The summed E-state index contributed by atoms with van der Waals surface area (Å²) in [5, 5.41) is 11.7. The Morgan fingerprint density at radius 3 is 2.13 bits per heavy atom. The monoisotopic (exact) mass is 406 g/mol. The van der Waals surface area contributed by atoms with Gasteiger partial charge in [-0.2, -0.15) is 0 Å². The van der Waals surface area contributed by atoms with Crippen LogP contribution in [-0.2, 0) is 0 Å². The Bertz CT molecular complexity index is 1210. The fraction of sp³-hybridized carbons (Fsp3) is 0. The summed E-state index contributed by atoms with van der Waals surface area (Å²) in [5.41, 5.74) is 10.2. The minimum absolute atomic E-state index is 0.0886. The highest BCUT2D eigenvalue weighted by atomic mass is 16.2. The SMILES string of the molecule is N=C(c1ccccc1)N(C(=O)Nc1ccccc1-c1cccc(N)c1)c1ccccc1. The zero-order chi connectivity index (χ0) is 21.6. The molecule has 0 radical (unpaired) electrons. The first kappa shape index (κ1) is 19.9. The summed E-state index contributed by atoms with van der Waals surface area (Å²) < 4.78 is 0. The van der Waals surface area contributed by atoms with Crippen LogP contribution in [0.1, 0.15) is 5.56 Å². The Kier molecular flexibility index (Phi) is 5.76. The van der Waals surface area contributed by atoms with E-state index in [-0.39, 0.29) is 5.84 Å². The van der Waals surface area contributed by atoms with Crippen molar-refractivity contribution in [2.24, 2.45) is 0 Å². The molecule has 0 atom stereocenters. The van der Waals surface area contributed by atoms with Gasteiger partial charge in [-0.3, -0.25) is 5.41 Å². The Morgan fingerprint density at radius 1 is 0.774 bits per heavy atom. The lowest BCUT2D eigenvalue weighted by molar-refractivity contribution is 0.259. The van der Waals surface area contributed by atoms with Gasteiger partial charge in [-0.25, -0.2) is 9.69 Å². The normalized spacial score (nSPS) is 10.3. The van der Waals surface area contributed by atoms with Crippen molar-refractivity contribution in [2.75, 3.05) is 16.0 Å². The third-order valence-corrected chi connectivity index (χ3v) is 4.85. The molecular formula is C26H22N4O. The van der Waals surface area contributed by atoms with E-state index < -0.39 is 6.03 Å². The van der Waals surface area contributed by atoms with Crippen molar-refractivity contribution in [3.05, 3.63) is 115 Å². The summed E-state index contributed by atoms with van der Waals surface area (Å²) in [5.74, 6) is 0.0886. The van der Waals surface area contributed by atoms with Gasteiger partial charge in [-0.15, -0.1) is 0 Å². The molecule has 4 rings (SSSR count). The van der Waals surface area contributed by atoms with Gasteiger partial charge in [0.25, 0.3) is 0 Å². The average molecular weight is 406 g/mol. The number of hydrogen-bond donors (Lipinski definition) is 3. The van der Waals surface area contributed by atoms with Crippen LogP contribution in [0.25, 0.3) is 11.1 Å². The van der Waals surface area contributed by atoms with Crippen LogP contribution in [0.3, 0.4) is 0 Å². The molecule has 152 valence electrons. The van der Waals surface area contributed by atoms with Gasteiger partial charge in [0.1, 0.15) is 5.84 Å². The lowest BCUT2D eigenvalue weighted by Gasteiger charge is -2.24. The molecule has 0 aliphatic heterocycles. The highest BCUT2D eigenvalue weighted by Crippen LogP contribution is 2.30. The molecule has 0 bridgehead atoms. The molecule has 4 aromatic carbocycles. The maximum atomic E-state index is 13.4. The van der Waals surface area contributed by atoms with Crippen LogP contribution in [-0.4, -0.2) is 11.9 Å². The van der Waals surface area contributed by atoms with E-state index in [2.05, 4.69) is 5.32 Å². The summed E-state index contributed by atoms with van der Waals surface area (Å²) in [6.07, 6.45) is 0. The molecule has 0 aliphatic carbocycles. The molecule has 2 amide bonds. The number of carbonyl (C=O) groups excluding carboxylic acids is 1. The van der Waals surface area contributed by atoms with Crippen molar-refractivity contribution in [1.82, 2.24) is 0 Å². The number of nitrogens with two attached hydrogens (primary N) is 1. The lowest BCUT2D eigenvalue weighted by Crippen LogP contribution is -2.40. The second-order valence-corrected chi connectivity index (χ2v) is 6.99. The number of rotatable bonds is 4. The Hall–Kier alpha value is -4.38. The molecule has 4 aromatic rings. The highest BCUT2D eigenvalue weighted by molar-refractivity contribution is 6.25. The summed E-state index contributed by atoms with van der Waals surface area (Å²) in [6, 6.07) is 33.0. The van der Waals surface area contributed by atoms with Gasteiger partial charge in [-0.1, -0.05) is 78.9 Å². The van der Waals surface area contributed by atoms with E-state index >= 15 is 0 Å². The number of amides is 2. The maximum absolute atomic E-state index is 13.4. The van der Waals surface area contributed by atoms with E-state index in [1.54, 1.807) is 12.1 Å². The topological polar surface area (TPSA) is 82.2 Å². The van der Waals surface area contributed by atoms with E-state index in [0.717, 1.165) is 11.1 Å². The zero-order valence-corrected chi connectivity index (χ0v) is 16.8. The van der Waals surface area contributed by atoms with Crippen LogP contribution in [0.15, 0.2) is 109 Å². The fourth-order valence-corrected chi connectivity index (χ4v) is 3.37. The van der Waals surface area contributed by atoms with Crippen LogP contribution in [0.5, 0.6) is 0 Å². The van der Waals surface area contributed by atoms with Gasteiger partial charge in [0, 0.05) is 16.8 Å². The predicted octanol–water partition coefficient (Wildman–Crippen LogP) is 6.00. The van der Waals surface area contributed by atoms with Crippen molar-refractivity contribution in [2.45, 2.75) is 0 Å². The van der Waals surface area contributed by atoms with Crippen molar-refractivity contribution in [1.29, 1.82) is 5.41 Å². The van der Waals surface area contributed by atoms with Gasteiger partial charge in [0.05, 0.1) is 11.4 Å². The molecule has 0 spiro atoms. The van der Waals surface area contributed by atoms with Crippen LogP contribution < -0.4 is 16.0 Å². The van der Waals surface area contributed by atoms with Crippen molar-refractivity contribution in [3.63, 3.8) is 0 Å². The second kappa shape index (κ2) is 8.97. The quantitative estimate of drug-likeness (QED) is 0.221. The number of urea groups is 1. The second-order valence-electron chi connectivity index (χ2n) is 6.99. The number of nitrogens with zero attached hydrogens (tertiary/aromatic N) is 1. The molecule has 5 nitrogen and oxygen atoms in total. The van der Waals surface area contributed by atoms with E-state index in [4.69, 9.17) is 11.1 Å². The molecule has 0 aromatic heterocycles. The zero-order valence-electron chi connectivity index (χ0n) is 16.8. The lowest BCUT2D eigenvalue weighted by atomic mass is 10.0.